The number of nitrogens with one attached hydrogen (secondary N) is 1. The normalized spacial score (nSPS) is 15.7. The Bertz CT molecular complexity index is 1100. The van der Waals surface area contributed by atoms with Gasteiger partial charge in [-0.15, -0.1) is 0 Å². The highest BCUT2D eigenvalue weighted by atomic mass is 35.5. The van der Waals surface area contributed by atoms with Crippen LogP contribution in [0, 0.1) is 17.6 Å². The van der Waals surface area contributed by atoms with Gasteiger partial charge in [0.2, 0.25) is 21.8 Å². The summed E-state index contributed by atoms with van der Waals surface area (Å²) in [6.07, 6.45) is 0.407. The van der Waals surface area contributed by atoms with E-state index in [9.17, 15) is 26.8 Å². The van der Waals surface area contributed by atoms with Crippen molar-refractivity contribution in [1.29, 1.82) is 0 Å². The molecule has 30 heavy (non-hydrogen) atoms. The van der Waals surface area contributed by atoms with Gasteiger partial charge >= 0.3 is 0 Å². The number of carbonyl (C=O) groups is 2. The van der Waals surface area contributed by atoms with Gasteiger partial charge in [-0.2, -0.15) is 4.31 Å². The van der Waals surface area contributed by atoms with E-state index in [0.29, 0.717) is 11.8 Å². The van der Waals surface area contributed by atoms with Crippen LogP contribution in [0.2, 0.25) is 5.02 Å². The lowest BCUT2D eigenvalue weighted by molar-refractivity contribution is -0.120. The molecule has 0 saturated carbocycles. The number of hydrogen-bond acceptors (Lipinski definition) is 4. The third kappa shape index (κ3) is 4.61. The Morgan fingerprint density at radius 3 is 2.37 bits per heavy atom. The highest BCUT2D eigenvalue weighted by Crippen LogP contribution is 2.27. The Morgan fingerprint density at radius 2 is 1.77 bits per heavy atom. The van der Waals surface area contributed by atoms with Crippen molar-refractivity contribution in [2.24, 2.45) is 11.7 Å². The van der Waals surface area contributed by atoms with E-state index in [-0.39, 0.29) is 42.4 Å². The van der Waals surface area contributed by atoms with Crippen molar-refractivity contribution in [3.05, 3.63) is 58.6 Å². The maximum atomic E-state index is 13.9. The zero-order valence-electron chi connectivity index (χ0n) is 15.6. The molecule has 1 heterocycles. The number of benzene rings is 2. The zero-order valence-corrected chi connectivity index (χ0v) is 17.1. The number of rotatable bonds is 5. The first kappa shape index (κ1) is 22.1. The summed E-state index contributed by atoms with van der Waals surface area (Å²) in [6, 6.07) is 6.51. The van der Waals surface area contributed by atoms with Crippen LogP contribution in [0.3, 0.4) is 0 Å². The molecule has 0 atom stereocenters. The smallest absolute Gasteiger partial charge is 0.250 e. The van der Waals surface area contributed by atoms with Crippen molar-refractivity contribution >= 4 is 39.1 Å². The first-order chi connectivity index (χ1) is 14.1. The van der Waals surface area contributed by atoms with Crippen LogP contribution in [0.5, 0.6) is 0 Å². The maximum absolute atomic E-state index is 13.9. The number of hydrogen-bond donors (Lipinski definition) is 2. The van der Waals surface area contributed by atoms with E-state index >= 15 is 0 Å². The zero-order chi connectivity index (χ0) is 22.1. The third-order valence-electron chi connectivity index (χ3n) is 4.84. The van der Waals surface area contributed by atoms with Crippen molar-refractivity contribution in [2.45, 2.75) is 17.7 Å². The number of nitrogens with two attached hydrogens (primary N) is 1. The van der Waals surface area contributed by atoms with Crippen LogP contribution < -0.4 is 11.1 Å². The summed E-state index contributed by atoms with van der Waals surface area (Å²) < 4.78 is 53.6. The van der Waals surface area contributed by atoms with Gasteiger partial charge in [-0.05, 0) is 49.2 Å². The number of primary amides is 1. The molecule has 160 valence electrons. The maximum Gasteiger partial charge on any atom is 0.250 e. The van der Waals surface area contributed by atoms with E-state index in [2.05, 4.69) is 5.32 Å². The highest BCUT2D eigenvalue weighted by Gasteiger charge is 2.33. The van der Waals surface area contributed by atoms with Crippen LogP contribution in [-0.4, -0.2) is 37.6 Å². The Labute approximate surface area is 176 Å². The summed E-state index contributed by atoms with van der Waals surface area (Å²) >= 11 is 5.96. The van der Waals surface area contributed by atoms with Crippen LogP contribution in [0.1, 0.15) is 23.2 Å². The average Bonchev–Trinajstić information content (AvgIpc) is 2.69. The molecule has 2 amide bonds. The lowest BCUT2D eigenvalue weighted by Crippen LogP contribution is -2.41. The van der Waals surface area contributed by atoms with E-state index in [4.69, 9.17) is 17.3 Å². The summed E-state index contributed by atoms with van der Waals surface area (Å²) in [6.45, 7) is -0.0323. The molecule has 0 aromatic heterocycles. The van der Waals surface area contributed by atoms with Crippen molar-refractivity contribution in [2.75, 3.05) is 18.4 Å². The summed E-state index contributed by atoms with van der Waals surface area (Å²) in [5.41, 5.74) is 5.67. The molecule has 3 rings (SSSR count). The Balaban J connectivity index is 1.65. The van der Waals surface area contributed by atoms with Crippen LogP contribution in [0.15, 0.2) is 41.3 Å². The van der Waals surface area contributed by atoms with Crippen LogP contribution in [0.25, 0.3) is 0 Å². The number of halogens is 3. The molecule has 0 bridgehead atoms. The Hall–Kier alpha value is -2.56. The molecule has 3 N–H and O–H groups in total. The van der Waals surface area contributed by atoms with Crippen molar-refractivity contribution in [1.82, 2.24) is 4.31 Å². The molecule has 1 fully saturated rings. The first-order valence-corrected chi connectivity index (χ1v) is 10.8. The lowest BCUT2D eigenvalue weighted by Gasteiger charge is -2.30. The molecule has 0 radical (unpaired) electrons. The number of anilines is 1. The number of carbonyl (C=O) groups excluding carboxylic acids is 2. The monoisotopic (exact) mass is 457 g/mol. The van der Waals surface area contributed by atoms with Crippen molar-refractivity contribution < 1.29 is 26.8 Å². The molecule has 2 aromatic carbocycles. The van der Waals surface area contributed by atoms with Gasteiger partial charge in [0.05, 0.1) is 10.6 Å². The fraction of sp³-hybridized carbons (Fsp3) is 0.263. The van der Waals surface area contributed by atoms with Crippen LogP contribution in [0.4, 0.5) is 14.5 Å². The van der Waals surface area contributed by atoms with Gasteiger partial charge in [-0.25, -0.2) is 17.2 Å². The predicted molar refractivity (Wildman–Crippen MR) is 106 cm³/mol. The molecule has 0 spiro atoms. The minimum Gasteiger partial charge on any atom is -0.366 e. The molecule has 1 aliphatic heterocycles. The highest BCUT2D eigenvalue weighted by molar-refractivity contribution is 7.89. The van der Waals surface area contributed by atoms with Gasteiger partial charge in [0.15, 0.2) is 0 Å². The Morgan fingerprint density at radius 1 is 1.10 bits per heavy atom. The largest absolute Gasteiger partial charge is 0.366 e. The topological polar surface area (TPSA) is 110 Å². The molecule has 11 heteroatoms. The third-order valence-corrected chi connectivity index (χ3v) is 7.06. The summed E-state index contributed by atoms with van der Waals surface area (Å²) in [4.78, 5) is 23.0. The second-order valence-corrected chi connectivity index (χ2v) is 9.11. The summed E-state index contributed by atoms with van der Waals surface area (Å²) in [5.74, 6) is -3.41. The lowest BCUT2D eigenvalue weighted by atomic mass is 9.97. The predicted octanol–water partition coefficient (Wildman–Crippen LogP) is 2.76. The van der Waals surface area contributed by atoms with E-state index in [1.807, 2.05) is 0 Å². The minimum atomic E-state index is -4.22. The quantitative estimate of drug-likeness (QED) is 0.719. The minimum absolute atomic E-state index is 0.0161. The number of sulfonamides is 1. The second kappa shape index (κ2) is 8.66. The van der Waals surface area contributed by atoms with Crippen molar-refractivity contribution in [3.63, 3.8) is 0 Å². The Kier molecular flexibility index (Phi) is 6.39. The SMILES string of the molecule is NC(=O)c1ccc(NC(=O)C2CCN(S(=O)(=O)c3cc(F)ccc3F)CC2)cc1Cl. The van der Waals surface area contributed by atoms with E-state index < -0.39 is 38.4 Å². The molecular weight excluding hydrogens is 440 g/mol. The van der Waals surface area contributed by atoms with E-state index in [1.54, 1.807) is 0 Å². The molecule has 1 saturated heterocycles. The fourth-order valence-corrected chi connectivity index (χ4v) is 5.03. The average molecular weight is 458 g/mol. The van der Waals surface area contributed by atoms with E-state index in [1.165, 1.54) is 18.2 Å². The fourth-order valence-electron chi connectivity index (χ4n) is 3.21. The molecule has 1 aliphatic rings. The van der Waals surface area contributed by atoms with Crippen molar-refractivity contribution in [3.8, 4) is 0 Å². The van der Waals surface area contributed by atoms with Gasteiger partial charge in [0.1, 0.15) is 16.5 Å². The number of amides is 2. The molecule has 7 nitrogen and oxygen atoms in total. The number of nitrogens with zero attached hydrogens (tertiary/aromatic N) is 1. The van der Waals surface area contributed by atoms with Crippen LogP contribution in [-0.2, 0) is 14.8 Å². The standard InChI is InChI=1S/C19H18ClF2N3O4S/c20-15-10-13(2-3-14(15)18(23)26)24-19(27)11-5-7-25(8-6-11)30(28,29)17-9-12(21)1-4-16(17)22/h1-4,9-11H,5-8H2,(H2,23,26)(H,24,27). The van der Waals surface area contributed by atoms with Gasteiger partial charge in [0, 0.05) is 24.7 Å². The van der Waals surface area contributed by atoms with Gasteiger partial charge in [0.25, 0.3) is 0 Å². The summed E-state index contributed by atoms with van der Waals surface area (Å²) in [7, 11) is -4.22. The van der Waals surface area contributed by atoms with E-state index in [0.717, 1.165) is 16.4 Å². The molecule has 2 aromatic rings. The molecule has 0 aliphatic carbocycles. The van der Waals surface area contributed by atoms with Gasteiger partial charge in [-0.1, -0.05) is 11.6 Å². The first-order valence-electron chi connectivity index (χ1n) is 8.95. The summed E-state index contributed by atoms with van der Waals surface area (Å²) in [5, 5.41) is 2.76. The molecule has 0 unspecified atom stereocenters. The van der Waals surface area contributed by atoms with Gasteiger partial charge < -0.3 is 11.1 Å². The molecular formula is C19H18ClF2N3O4S. The van der Waals surface area contributed by atoms with Crippen LogP contribution >= 0.6 is 11.6 Å². The number of piperidine rings is 1. The van der Waals surface area contributed by atoms with Gasteiger partial charge in [-0.3, -0.25) is 9.59 Å². The second-order valence-electron chi connectivity index (χ2n) is 6.80.